The molecule has 5 heteroatoms. The first-order valence-corrected chi connectivity index (χ1v) is 10.8. The van der Waals surface area contributed by atoms with E-state index in [1.54, 1.807) is 0 Å². The number of amides is 1. The third-order valence-electron chi connectivity index (χ3n) is 5.10. The van der Waals surface area contributed by atoms with Gasteiger partial charge in [0.25, 0.3) is 5.91 Å². The molecule has 4 nitrogen and oxygen atoms in total. The fraction of sp³-hybridized carbons (Fsp3) is 0.435. The molecule has 0 atom stereocenters. The van der Waals surface area contributed by atoms with E-state index < -0.39 is 0 Å². The van der Waals surface area contributed by atoms with Crippen LogP contribution in [0.4, 0.5) is 5.69 Å². The van der Waals surface area contributed by atoms with Gasteiger partial charge in [0.2, 0.25) is 0 Å². The molecule has 2 aromatic rings. The zero-order chi connectivity index (χ0) is 19.8. The average molecular weight is 446 g/mol. The molecular weight excluding hydrogens is 418 g/mol. The van der Waals surface area contributed by atoms with Crippen LogP contribution in [-0.2, 0) is 4.79 Å². The fourth-order valence-electron chi connectivity index (χ4n) is 3.52. The van der Waals surface area contributed by atoms with E-state index in [-0.39, 0.29) is 12.5 Å². The predicted octanol–water partition coefficient (Wildman–Crippen LogP) is 6.12. The van der Waals surface area contributed by atoms with Crippen molar-refractivity contribution in [3.8, 4) is 11.5 Å². The van der Waals surface area contributed by atoms with E-state index >= 15 is 0 Å². The standard InChI is InChI=1S/C23H28BrNO3/c1-17-7-12-22(21(24)15-17)28-16-23(26)25-19-8-10-20(11-9-19)27-14-13-18-5-3-2-4-6-18/h7-12,15,18H,2-6,13-14,16H2,1H3,(H,25,26). The summed E-state index contributed by atoms with van der Waals surface area (Å²) < 4.78 is 12.3. The second-order valence-corrected chi connectivity index (χ2v) is 8.29. The number of rotatable bonds is 8. The van der Waals surface area contributed by atoms with Gasteiger partial charge in [-0.15, -0.1) is 0 Å². The van der Waals surface area contributed by atoms with Crippen LogP contribution in [0.1, 0.15) is 44.1 Å². The largest absolute Gasteiger partial charge is 0.494 e. The Kier molecular flexibility index (Phi) is 7.78. The number of halogens is 1. The number of ether oxygens (including phenoxy) is 2. The van der Waals surface area contributed by atoms with Gasteiger partial charge >= 0.3 is 0 Å². The minimum Gasteiger partial charge on any atom is -0.494 e. The molecule has 0 unspecified atom stereocenters. The van der Waals surface area contributed by atoms with E-state index in [2.05, 4.69) is 21.2 Å². The molecule has 0 saturated heterocycles. The number of nitrogens with one attached hydrogen (secondary N) is 1. The molecule has 0 aromatic heterocycles. The summed E-state index contributed by atoms with van der Waals surface area (Å²) >= 11 is 3.45. The topological polar surface area (TPSA) is 47.6 Å². The van der Waals surface area contributed by atoms with Gasteiger partial charge in [-0.3, -0.25) is 4.79 Å². The van der Waals surface area contributed by atoms with Crippen molar-refractivity contribution in [2.75, 3.05) is 18.5 Å². The van der Waals surface area contributed by atoms with Crippen molar-refractivity contribution < 1.29 is 14.3 Å². The molecule has 1 saturated carbocycles. The van der Waals surface area contributed by atoms with Crippen molar-refractivity contribution in [2.24, 2.45) is 5.92 Å². The molecule has 0 radical (unpaired) electrons. The second-order valence-electron chi connectivity index (χ2n) is 7.44. The third-order valence-corrected chi connectivity index (χ3v) is 5.72. The predicted molar refractivity (Wildman–Crippen MR) is 116 cm³/mol. The van der Waals surface area contributed by atoms with Crippen molar-refractivity contribution in [1.29, 1.82) is 0 Å². The van der Waals surface area contributed by atoms with Crippen LogP contribution in [0.5, 0.6) is 11.5 Å². The minimum absolute atomic E-state index is 0.0404. The summed E-state index contributed by atoms with van der Waals surface area (Å²) in [6.45, 7) is 2.72. The number of carbonyl (C=O) groups excluding carboxylic acids is 1. The van der Waals surface area contributed by atoms with Crippen LogP contribution in [0.15, 0.2) is 46.9 Å². The molecule has 28 heavy (non-hydrogen) atoms. The number of carbonyl (C=O) groups is 1. The van der Waals surface area contributed by atoms with E-state index in [4.69, 9.17) is 9.47 Å². The van der Waals surface area contributed by atoms with Crippen LogP contribution in [0.3, 0.4) is 0 Å². The summed E-state index contributed by atoms with van der Waals surface area (Å²) in [6, 6.07) is 13.3. The van der Waals surface area contributed by atoms with E-state index in [0.29, 0.717) is 5.75 Å². The van der Waals surface area contributed by atoms with Gasteiger partial charge in [0.05, 0.1) is 11.1 Å². The maximum atomic E-state index is 12.1. The molecule has 2 aromatic carbocycles. The quantitative estimate of drug-likeness (QED) is 0.531. The Morgan fingerprint density at radius 3 is 2.54 bits per heavy atom. The Balaban J connectivity index is 1.39. The van der Waals surface area contributed by atoms with Crippen LogP contribution in [0, 0.1) is 12.8 Å². The van der Waals surface area contributed by atoms with Crippen LogP contribution < -0.4 is 14.8 Å². The van der Waals surface area contributed by atoms with Gasteiger partial charge in [0.15, 0.2) is 6.61 Å². The highest BCUT2D eigenvalue weighted by Gasteiger charge is 2.13. The lowest BCUT2D eigenvalue weighted by Crippen LogP contribution is -2.20. The molecule has 1 N–H and O–H groups in total. The van der Waals surface area contributed by atoms with Gasteiger partial charge in [0, 0.05) is 5.69 Å². The first kappa shape index (κ1) is 20.7. The zero-order valence-corrected chi connectivity index (χ0v) is 18.0. The Morgan fingerprint density at radius 2 is 1.82 bits per heavy atom. The van der Waals surface area contributed by atoms with Crippen molar-refractivity contribution >= 4 is 27.5 Å². The highest BCUT2D eigenvalue weighted by Crippen LogP contribution is 2.27. The van der Waals surface area contributed by atoms with Gasteiger partial charge in [-0.05, 0) is 77.2 Å². The third kappa shape index (κ3) is 6.55. The molecule has 3 rings (SSSR count). The van der Waals surface area contributed by atoms with Gasteiger partial charge in [-0.25, -0.2) is 0 Å². The normalized spacial score (nSPS) is 14.5. The highest BCUT2D eigenvalue weighted by atomic mass is 79.9. The SMILES string of the molecule is Cc1ccc(OCC(=O)Nc2ccc(OCCC3CCCCC3)cc2)c(Br)c1. The number of hydrogen-bond donors (Lipinski definition) is 1. The summed E-state index contributed by atoms with van der Waals surface area (Å²) in [5, 5.41) is 2.84. The Labute approximate surface area is 175 Å². The Hall–Kier alpha value is -2.01. The van der Waals surface area contributed by atoms with E-state index in [9.17, 15) is 4.79 Å². The molecule has 1 aliphatic rings. The van der Waals surface area contributed by atoms with Crippen LogP contribution >= 0.6 is 15.9 Å². The molecule has 1 amide bonds. The van der Waals surface area contributed by atoms with Gasteiger partial charge in [-0.1, -0.05) is 38.2 Å². The monoisotopic (exact) mass is 445 g/mol. The van der Waals surface area contributed by atoms with Crippen molar-refractivity contribution in [1.82, 2.24) is 0 Å². The summed E-state index contributed by atoms with van der Waals surface area (Å²) in [5.74, 6) is 2.12. The van der Waals surface area contributed by atoms with Crippen molar-refractivity contribution in [3.05, 3.63) is 52.5 Å². The number of aryl methyl sites for hydroxylation is 1. The van der Waals surface area contributed by atoms with Crippen molar-refractivity contribution in [3.63, 3.8) is 0 Å². The van der Waals surface area contributed by atoms with Gasteiger partial charge in [0.1, 0.15) is 11.5 Å². The van der Waals surface area contributed by atoms with E-state index in [0.717, 1.165) is 40.4 Å². The van der Waals surface area contributed by atoms with E-state index in [1.165, 1.54) is 32.1 Å². The smallest absolute Gasteiger partial charge is 0.262 e. The second kappa shape index (κ2) is 10.5. The first-order chi connectivity index (χ1) is 13.6. The molecule has 0 heterocycles. The van der Waals surface area contributed by atoms with Gasteiger partial charge < -0.3 is 14.8 Å². The molecule has 0 spiro atoms. The number of benzene rings is 2. The molecule has 150 valence electrons. The zero-order valence-electron chi connectivity index (χ0n) is 16.4. The minimum atomic E-state index is -0.196. The number of anilines is 1. The Morgan fingerprint density at radius 1 is 1.07 bits per heavy atom. The lowest BCUT2D eigenvalue weighted by atomic mass is 9.87. The molecule has 0 aliphatic heterocycles. The number of hydrogen-bond acceptors (Lipinski definition) is 3. The van der Waals surface area contributed by atoms with Crippen LogP contribution in [0.2, 0.25) is 0 Å². The van der Waals surface area contributed by atoms with Gasteiger partial charge in [-0.2, -0.15) is 0 Å². The maximum Gasteiger partial charge on any atom is 0.262 e. The summed E-state index contributed by atoms with van der Waals surface area (Å²) in [5.41, 5.74) is 1.86. The molecule has 1 fully saturated rings. The maximum absolute atomic E-state index is 12.1. The Bertz CT molecular complexity index is 770. The van der Waals surface area contributed by atoms with Crippen LogP contribution in [-0.4, -0.2) is 19.1 Å². The van der Waals surface area contributed by atoms with E-state index in [1.807, 2.05) is 49.4 Å². The fourth-order valence-corrected chi connectivity index (χ4v) is 4.12. The average Bonchev–Trinajstić information content (AvgIpc) is 2.69. The summed E-state index contributed by atoms with van der Waals surface area (Å²) in [6.07, 6.45) is 7.93. The highest BCUT2D eigenvalue weighted by molar-refractivity contribution is 9.10. The van der Waals surface area contributed by atoms with Crippen molar-refractivity contribution in [2.45, 2.75) is 45.4 Å². The first-order valence-electron chi connectivity index (χ1n) is 10.0. The molecule has 0 bridgehead atoms. The molecular formula is C23H28BrNO3. The lowest BCUT2D eigenvalue weighted by Gasteiger charge is -2.21. The van der Waals surface area contributed by atoms with Crippen LogP contribution in [0.25, 0.3) is 0 Å². The lowest BCUT2D eigenvalue weighted by molar-refractivity contribution is -0.118. The molecule has 1 aliphatic carbocycles. The summed E-state index contributed by atoms with van der Waals surface area (Å²) in [7, 11) is 0. The summed E-state index contributed by atoms with van der Waals surface area (Å²) in [4.78, 5) is 12.1.